The maximum atomic E-state index is 12.7. The number of nitrogens with two attached hydrogens (primary N) is 1. The zero-order valence-electron chi connectivity index (χ0n) is 15.1. The normalized spacial score (nSPS) is 18.8. The van der Waals surface area contributed by atoms with Crippen LogP contribution >= 0.6 is 0 Å². The Balaban J connectivity index is 1.76. The number of carbonyl (C=O) groups excluding carboxylic acids is 3. The number of nitrogens with zero attached hydrogens (tertiary/aromatic N) is 1. The van der Waals surface area contributed by atoms with Crippen LogP contribution in [0.25, 0.3) is 6.08 Å². The molecule has 1 aliphatic heterocycles. The van der Waals surface area contributed by atoms with Gasteiger partial charge in [-0.25, -0.2) is 0 Å². The van der Waals surface area contributed by atoms with Gasteiger partial charge in [0.15, 0.2) is 11.4 Å². The Kier molecular flexibility index (Phi) is 5.52. The van der Waals surface area contributed by atoms with Crippen LogP contribution in [0.3, 0.4) is 0 Å². The number of hydrogen-bond donors (Lipinski definition) is 2. The molecule has 0 spiro atoms. The summed E-state index contributed by atoms with van der Waals surface area (Å²) in [6, 6.07) is 16.1. The van der Waals surface area contributed by atoms with Crippen LogP contribution in [-0.4, -0.2) is 29.2 Å². The molecule has 28 heavy (non-hydrogen) atoms. The van der Waals surface area contributed by atoms with Gasteiger partial charge < -0.3 is 10.8 Å². The number of amides is 2. The van der Waals surface area contributed by atoms with Gasteiger partial charge in [0, 0.05) is 5.56 Å². The van der Waals surface area contributed by atoms with E-state index in [1.807, 2.05) is 36.4 Å². The van der Waals surface area contributed by atoms with Crippen molar-refractivity contribution >= 4 is 29.4 Å². The highest BCUT2D eigenvalue weighted by Crippen LogP contribution is 2.42. The van der Waals surface area contributed by atoms with E-state index in [1.165, 1.54) is 6.08 Å². The third-order valence-corrected chi connectivity index (χ3v) is 4.46. The van der Waals surface area contributed by atoms with Gasteiger partial charge in [0.2, 0.25) is 5.91 Å². The van der Waals surface area contributed by atoms with Crippen LogP contribution in [0.4, 0.5) is 5.69 Å². The van der Waals surface area contributed by atoms with Crippen molar-refractivity contribution < 1.29 is 19.5 Å². The number of para-hydroxylation sites is 1. The summed E-state index contributed by atoms with van der Waals surface area (Å²) in [6.07, 6.45) is 5.99. The van der Waals surface area contributed by atoms with Crippen molar-refractivity contribution in [3.8, 4) is 0 Å². The van der Waals surface area contributed by atoms with Crippen LogP contribution in [0.15, 0.2) is 72.8 Å². The summed E-state index contributed by atoms with van der Waals surface area (Å²) >= 11 is 0. The SMILES string of the molecule is NC(=O)CN1C(=O)[C@@](O)(CC(=O)/C=C/C=C/c2ccccc2)c2ccccc21. The molecule has 0 radical (unpaired) electrons. The average Bonchev–Trinajstić information content (AvgIpc) is 2.88. The fourth-order valence-electron chi connectivity index (χ4n) is 3.20. The van der Waals surface area contributed by atoms with Crippen LogP contribution in [0.1, 0.15) is 17.5 Å². The van der Waals surface area contributed by atoms with Crippen LogP contribution in [0.2, 0.25) is 0 Å². The zero-order valence-corrected chi connectivity index (χ0v) is 15.1. The van der Waals surface area contributed by atoms with Gasteiger partial charge in [-0.1, -0.05) is 66.8 Å². The summed E-state index contributed by atoms with van der Waals surface area (Å²) in [4.78, 5) is 37.5. The number of aliphatic hydroxyl groups is 1. The van der Waals surface area contributed by atoms with Gasteiger partial charge >= 0.3 is 0 Å². The number of primary amides is 1. The molecular formula is C22H20N2O4. The molecule has 142 valence electrons. The lowest BCUT2D eigenvalue weighted by Crippen LogP contribution is -2.44. The number of anilines is 1. The molecule has 0 saturated heterocycles. The highest BCUT2D eigenvalue weighted by atomic mass is 16.3. The molecule has 2 aromatic carbocycles. The Hall–Kier alpha value is -3.51. The van der Waals surface area contributed by atoms with Crippen molar-refractivity contribution in [1.82, 2.24) is 0 Å². The first kappa shape index (κ1) is 19.3. The summed E-state index contributed by atoms with van der Waals surface area (Å²) in [5.74, 6) is -1.84. The van der Waals surface area contributed by atoms with E-state index >= 15 is 0 Å². The van der Waals surface area contributed by atoms with E-state index in [4.69, 9.17) is 5.73 Å². The molecule has 3 rings (SSSR count). The number of carbonyl (C=O) groups is 3. The van der Waals surface area contributed by atoms with E-state index in [1.54, 1.807) is 36.4 Å². The molecule has 6 heteroatoms. The molecule has 1 atom stereocenters. The highest BCUT2D eigenvalue weighted by molar-refractivity contribution is 6.11. The van der Waals surface area contributed by atoms with E-state index in [2.05, 4.69) is 0 Å². The fourth-order valence-corrected chi connectivity index (χ4v) is 3.20. The molecule has 1 heterocycles. The monoisotopic (exact) mass is 376 g/mol. The van der Waals surface area contributed by atoms with Crippen molar-refractivity contribution in [2.75, 3.05) is 11.4 Å². The predicted octanol–water partition coefficient (Wildman–Crippen LogP) is 1.93. The lowest BCUT2D eigenvalue weighted by molar-refractivity contribution is -0.141. The first-order chi connectivity index (χ1) is 13.4. The fraction of sp³-hybridized carbons (Fsp3) is 0.136. The molecule has 2 aromatic rings. The second-order valence-corrected chi connectivity index (χ2v) is 6.51. The Morgan fingerprint density at radius 1 is 1.04 bits per heavy atom. The lowest BCUT2D eigenvalue weighted by Gasteiger charge is -2.21. The smallest absolute Gasteiger partial charge is 0.264 e. The number of benzene rings is 2. The van der Waals surface area contributed by atoms with Crippen molar-refractivity contribution in [2.24, 2.45) is 5.73 Å². The number of allylic oxidation sites excluding steroid dienone is 3. The molecule has 0 bridgehead atoms. The summed E-state index contributed by atoms with van der Waals surface area (Å²) in [7, 11) is 0. The molecular weight excluding hydrogens is 356 g/mol. The minimum absolute atomic E-state index is 0.294. The molecule has 0 unspecified atom stereocenters. The number of ketones is 1. The van der Waals surface area contributed by atoms with Gasteiger partial charge in [0.1, 0.15) is 6.54 Å². The van der Waals surface area contributed by atoms with Gasteiger partial charge in [0.05, 0.1) is 12.1 Å². The standard InChI is InChI=1S/C22H20N2O4/c23-20(26)15-24-19-13-7-6-12-18(19)22(28,21(24)27)14-17(25)11-5-4-10-16-8-2-1-3-9-16/h1-13,28H,14-15H2,(H2,23,26)/b10-4+,11-5+/t22-/m1/s1. The van der Waals surface area contributed by atoms with Crippen LogP contribution in [0, 0.1) is 0 Å². The van der Waals surface area contributed by atoms with Crippen molar-refractivity contribution in [2.45, 2.75) is 12.0 Å². The zero-order chi connectivity index (χ0) is 20.1. The van der Waals surface area contributed by atoms with E-state index in [0.717, 1.165) is 10.5 Å². The van der Waals surface area contributed by atoms with Gasteiger partial charge in [0.25, 0.3) is 5.91 Å². The lowest BCUT2D eigenvalue weighted by atomic mass is 9.90. The van der Waals surface area contributed by atoms with Crippen molar-refractivity contribution in [3.63, 3.8) is 0 Å². The topological polar surface area (TPSA) is 101 Å². The maximum Gasteiger partial charge on any atom is 0.264 e. The third kappa shape index (κ3) is 3.92. The Bertz CT molecular complexity index is 966. The van der Waals surface area contributed by atoms with E-state index in [0.29, 0.717) is 11.3 Å². The number of fused-ring (bicyclic) bond motifs is 1. The molecule has 0 aliphatic carbocycles. The number of hydrogen-bond acceptors (Lipinski definition) is 4. The minimum atomic E-state index is -2.02. The van der Waals surface area contributed by atoms with E-state index in [-0.39, 0.29) is 6.54 Å². The van der Waals surface area contributed by atoms with Crippen LogP contribution < -0.4 is 10.6 Å². The summed E-state index contributed by atoms with van der Waals surface area (Å²) < 4.78 is 0. The third-order valence-electron chi connectivity index (χ3n) is 4.46. The summed E-state index contributed by atoms with van der Waals surface area (Å²) in [5.41, 5.74) is 4.86. The first-order valence-corrected chi connectivity index (χ1v) is 8.76. The van der Waals surface area contributed by atoms with Gasteiger partial charge in [-0.05, 0) is 17.7 Å². The quantitative estimate of drug-likeness (QED) is 0.570. The summed E-state index contributed by atoms with van der Waals surface area (Å²) in [6.45, 7) is -0.359. The second kappa shape index (κ2) is 8.02. The molecule has 0 saturated carbocycles. The van der Waals surface area contributed by atoms with E-state index < -0.39 is 29.6 Å². The molecule has 0 aromatic heterocycles. The van der Waals surface area contributed by atoms with Gasteiger partial charge in [-0.3, -0.25) is 19.3 Å². The Labute approximate surface area is 162 Å². The predicted molar refractivity (Wildman–Crippen MR) is 106 cm³/mol. The minimum Gasteiger partial charge on any atom is -0.375 e. The first-order valence-electron chi connectivity index (χ1n) is 8.76. The van der Waals surface area contributed by atoms with Gasteiger partial charge in [-0.2, -0.15) is 0 Å². The average molecular weight is 376 g/mol. The largest absolute Gasteiger partial charge is 0.375 e. The molecule has 1 aliphatic rings. The second-order valence-electron chi connectivity index (χ2n) is 6.51. The van der Waals surface area contributed by atoms with Gasteiger partial charge in [-0.15, -0.1) is 0 Å². The number of rotatable bonds is 7. The molecule has 6 nitrogen and oxygen atoms in total. The summed E-state index contributed by atoms with van der Waals surface area (Å²) in [5, 5.41) is 11.0. The van der Waals surface area contributed by atoms with Crippen molar-refractivity contribution in [1.29, 1.82) is 0 Å². The Morgan fingerprint density at radius 2 is 1.71 bits per heavy atom. The Morgan fingerprint density at radius 3 is 2.43 bits per heavy atom. The maximum absolute atomic E-state index is 12.7. The van der Waals surface area contributed by atoms with Crippen LogP contribution in [0.5, 0.6) is 0 Å². The van der Waals surface area contributed by atoms with E-state index in [9.17, 15) is 19.5 Å². The molecule has 3 N–H and O–H groups in total. The molecule has 0 fully saturated rings. The molecule has 2 amide bonds. The van der Waals surface area contributed by atoms with Crippen molar-refractivity contribution in [3.05, 3.63) is 84.0 Å². The highest BCUT2D eigenvalue weighted by Gasteiger charge is 2.50. The van der Waals surface area contributed by atoms with Crippen LogP contribution in [-0.2, 0) is 20.0 Å².